The van der Waals surface area contributed by atoms with Crippen LogP contribution in [0, 0.1) is 5.92 Å². The van der Waals surface area contributed by atoms with Crippen molar-refractivity contribution in [1.82, 2.24) is 9.62 Å². The number of amides is 1. The molecule has 0 saturated carbocycles. The number of rotatable bonds is 5. The maximum Gasteiger partial charge on any atom is 0.243 e. The molecule has 25 heavy (non-hydrogen) atoms. The molecule has 3 rings (SSSR count). The van der Waals surface area contributed by atoms with Gasteiger partial charge in [-0.25, -0.2) is 8.42 Å². The topological polar surface area (TPSA) is 84.9 Å². The number of hydrogen-bond acceptors (Lipinski definition) is 5. The molecule has 2 aliphatic rings. The van der Waals surface area contributed by atoms with Crippen molar-refractivity contribution in [3.05, 3.63) is 18.2 Å². The van der Waals surface area contributed by atoms with Crippen LogP contribution in [0.2, 0.25) is 0 Å². The maximum absolute atomic E-state index is 12.8. The summed E-state index contributed by atoms with van der Waals surface area (Å²) in [7, 11) is -3.59. The van der Waals surface area contributed by atoms with Gasteiger partial charge in [-0.3, -0.25) is 4.79 Å². The van der Waals surface area contributed by atoms with Crippen LogP contribution in [0.4, 0.5) is 0 Å². The highest BCUT2D eigenvalue weighted by Crippen LogP contribution is 2.35. The molecule has 2 aliphatic heterocycles. The second-order valence-electron chi connectivity index (χ2n) is 6.51. The highest BCUT2D eigenvalue weighted by atomic mass is 32.2. The standard InChI is InChI=1S/C17H24N2O5S/c1-3-12(2)18-17(20)13-6-8-19(9-7-13)25(21,22)14-4-5-15-16(10-14)24-11-23-15/h4-5,10,12-13H,3,6-9,11H2,1-2H3,(H,18,20). The van der Waals surface area contributed by atoms with Gasteiger partial charge in [0.15, 0.2) is 11.5 Å². The number of sulfonamides is 1. The van der Waals surface area contributed by atoms with E-state index in [1.54, 1.807) is 6.07 Å². The number of carbonyl (C=O) groups excluding carboxylic acids is 1. The molecule has 138 valence electrons. The van der Waals surface area contributed by atoms with Gasteiger partial charge in [0.1, 0.15) is 0 Å². The molecular formula is C17H24N2O5S. The summed E-state index contributed by atoms with van der Waals surface area (Å²) in [4.78, 5) is 12.4. The number of piperidine rings is 1. The molecule has 1 unspecified atom stereocenters. The smallest absolute Gasteiger partial charge is 0.243 e. The SMILES string of the molecule is CCC(C)NC(=O)C1CCN(S(=O)(=O)c2ccc3c(c2)OCO3)CC1. The Morgan fingerprint density at radius 2 is 1.96 bits per heavy atom. The van der Waals surface area contributed by atoms with Gasteiger partial charge in [-0.05, 0) is 38.3 Å². The average Bonchev–Trinajstić information content (AvgIpc) is 3.09. The predicted octanol–water partition coefficient (Wildman–Crippen LogP) is 1.73. The van der Waals surface area contributed by atoms with Gasteiger partial charge in [0.05, 0.1) is 4.90 Å². The highest BCUT2D eigenvalue weighted by molar-refractivity contribution is 7.89. The molecule has 7 nitrogen and oxygen atoms in total. The first-order chi connectivity index (χ1) is 11.9. The molecule has 2 heterocycles. The van der Waals surface area contributed by atoms with E-state index in [1.165, 1.54) is 16.4 Å². The first kappa shape index (κ1) is 18.0. The van der Waals surface area contributed by atoms with Crippen molar-refractivity contribution >= 4 is 15.9 Å². The van der Waals surface area contributed by atoms with Gasteiger partial charge in [-0.2, -0.15) is 4.31 Å². The third-order valence-corrected chi connectivity index (χ3v) is 6.70. The van der Waals surface area contributed by atoms with Crippen molar-refractivity contribution in [2.24, 2.45) is 5.92 Å². The molecule has 8 heteroatoms. The summed E-state index contributed by atoms with van der Waals surface area (Å²) in [5.41, 5.74) is 0. The first-order valence-electron chi connectivity index (χ1n) is 8.62. The molecule has 1 aromatic carbocycles. The molecule has 0 radical (unpaired) electrons. The van der Waals surface area contributed by atoms with Crippen LogP contribution >= 0.6 is 0 Å². The molecule has 0 spiro atoms. The van der Waals surface area contributed by atoms with E-state index in [0.717, 1.165) is 6.42 Å². The lowest BCUT2D eigenvalue weighted by atomic mass is 9.97. The Hall–Kier alpha value is -1.80. The minimum atomic E-state index is -3.59. The second-order valence-corrected chi connectivity index (χ2v) is 8.45. The van der Waals surface area contributed by atoms with Crippen molar-refractivity contribution in [2.75, 3.05) is 19.9 Å². The van der Waals surface area contributed by atoms with E-state index in [2.05, 4.69) is 5.32 Å². The Labute approximate surface area is 148 Å². The van der Waals surface area contributed by atoms with Crippen LogP contribution in [-0.2, 0) is 14.8 Å². The van der Waals surface area contributed by atoms with Crippen LogP contribution in [-0.4, -0.2) is 44.6 Å². The van der Waals surface area contributed by atoms with Gasteiger partial charge >= 0.3 is 0 Å². The van der Waals surface area contributed by atoms with Crippen LogP contribution in [0.3, 0.4) is 0 Å². The zero-order valence-corrected chi connectivity index (χ0v) is 15.3. The van der Waals surface area contributed by atoms with Crippen molar-refractivity contribution in [3.63, 3.8) is 0 Å². The van der Waals surface area contributed by atoms with Crippen molar-refractivity contribution in [3.8, 4) is 11.5 Å². The molecule has 1 atom stereocenters. The van der Waals surface area contributed by atoms with E-state index >= 15 is 0 Å². The summed E-state index contributed by atoms with van der Waals surface area (Å²) < 4.78 is 37.6. The predicted molar refractivity (Wildman–Crippen MR) is 91.9 cm³/mol. The number of ether oxygens (including phenoxy) is 2. The van der Waals surface area contributed by atoms with Crippen molar-refractivity contribution < 1.29 is 22.7 Å². The van der Waals surface area contributed by atoms with Crippen LogP contribution in [0.25, 0.3) is 0 Å². The Kier molecular flexibility index (Phi) is 5.19. The summed E-state index contributed by atoms with van der Waals surface area (Å²) in [6.45, 7) is 4.78. The molecule has 1 N–H and O–H groups in total. The minimum Gasteiger partial charge on any atom is -0.454 e. The summed E-state index contributed by atoms with van der Waals surface area (Å²) in [5, 5.41) is 2.98. The van der Waals surface area contributed by atoms with Gasteiger partial charge in [0, 0.05) is 31.1 Å². The van der Waals surface area contributed by atoms with E-state index in [0.29, 0.717) is 37.4 Å². The Balaban J connectivity index is 1.65. The molecule has 0 aliphatic carbocycles. The summed E-state index contributed by atoms with van der Waals surface area (Å²) >= 11 is 0. The zero-order chi connectivity index (χ0) is 18.0. The Morgan fingerprint density at radius 1 is 1.28 bits per heavy atom. The van der Waals surface area contributed by atoms with Crippen LogP contribution in [0.5, 0.6) is 11.5 Å². The lowest BCUT2D eigenvalue weighted by molar-refractivity contribution is -0.126. The normalized spacial score (nSPS) is 19.6. The molecule has 1 fully saturated rings. The van der Waals surface area contributed by atoms with Gasteiger partial charge in [0.25, 0.3) is 0 Å². The number of nitrogens with zero attached hydrogens (tertiary/aromatic N) is 1. The third kappa shape index (κ3) is 3.74. The molecule has 0 aromatic heterocycles. The van der Waals surface area contributed by atoms with Gasteiger partial charge < -0.3 is 14.8 Å². The van der Waals surface area contributed by atoms with E-state index in [1.807, 2.05) is 13.8 Å². The molecule has 1 aromatic rings. The number of nitrogens with one attached hydrogen (secondary N) is 1. The summed E-state index contributed by atoms with van der Waals surface area (Å²) in [6.07, 6.45) is 1.95. The van der Waals surface area contributed by atoms with E-state index in [9.17, 15) is 13.2 Å². The van der Waals surface area contributed by atoms with Gasteiger partial charge in [-0.1, -0.05) is 6.92 Å². The molecular weight excluding hydrogens is 344 g/mol. The highest BCUT2D eigenvalue weighted by Gasteiger charge is 2.33. The lowest BCUT2D eigenvalue weighted by Gasteiger charge is -2.31. The molecule has 1 amide bonds. The fourth-order valence-corrected chi connectivity index (χ4v) is 4.49. The van der Waals surface area contributed by atoms with E-state index in [-0.39, 0.29) is 29.6 Å². The largest absolute Gasteiger partial charge is 0.454 e. The number of carbonyl (C=O) groups is 1. The Bertz CT molecular complexity index is 741. The second kappa shape index (κ2) is 7.21. The fourth-order valence-electron chi connectivity index (χ4n) is 3.01. The zero-order valence-electron chi connectivity index (χ0n) is 14.5. The van der Waals surface area contributed by atoms with Crippen LogP contribution in [0.15, 0.2) is 23.1 Å². The van der Waals surface area contributed by atoms with Crippen LogP contribution < -0.4 is 14.8 Å². The van der Waals surface area contributed by atoms with Gasteiger partial charge in [-0.15, -0.1) is 0 Å². The molecule has 0 bridgehead atoms. The quantitative estimate of drug-likeness (QED) is 0.856. The van der Waals surface area contributed by atoms with Gasteiger partial charge in [0.2, 0.25) is 22.7 Å². The van der Waals surface area contributed by atoms with Crippen molar-refractivity contribution in [2.45, 2.75) is 44.0 Å². The van der Waals surface area contributed by atoms with E-state index < -0.39 is 10.0 Å². The lowest BCUT2D eigenvalue weighted by Crippen LogP contribution is -2.44. The molecule has 1 saturated heterocycles. The Morgan fingerprint density at radius 3 is 2.64 bits per heavy atom. The summed E-state index contributed by atoms with van der Waals surface area (Å²) in [5.74, 6) is 0.898. The first-order valence-corrected chi connectivity index (χ1v) is 10.1. The minimum absolute atomic E-state index is 0.0227. The fraction of sp³-hybridized carbons (Fsp3) is 0.588. The monoisotopic (exact) mass is 368 g/mol. The average molecular weight is 368 g/mol. The third-order valence-electron chi connectivity index (χ3n) is 4.81. The maximum atomic E-state index is 12.8. The summed E-state index contributed by atoms with van der Waals surface area (Å²) in [6, 6.07) is 4.79. The number of hydrogen-bond donors (Lipinski definition) is 1. The van der Waals surface area contributed by atoms with Crippen molar-refractivity contribution in [1.29, 1.82) is 0 Å². The number of fused-ring (bicyclic) bond motifs is 1. The van der Waals surface area contributed by atoms with E-state index in [4.69, 9.17) is 9.47 Å². The number of benzene rings is 1. The van der Waals surface area contributed by atoms with Crippen LogP contribution in [0.1, 0.15) is 33.1 Å².